The molecule has 0 aliphatic heterocycles. The largest absolute Gasteiger partial charge is 0.385 e. The first-order chi connectivity index (χ1) is 12.2. The van der Waals surface area contributed by atoms with Crippen LogP contribution in [0.2, 0.25) is 0 Å². The van der Waals surface area contributed by atoms with Crippen LogP contribution in [0, 0.1) is 6.92 Å². The maximum Gasteiger partial charge on any atom is 0.137 e. The maximum absolute atomic E-state index is 4.72. The van der Waals surface area contributed by atoms with Gasteiger partial charge < -0.3 is 14.6 Å². The van der Waals surface area contributed by atoms with Crippen molar-refractivity contribution in [2.24, 2.45) is 0 Å². The third-order valence-corrected chi connectivity index (χ3v) is 4.67. The molecule has 0 radical (unpaired) electrons. The Kier molecular flexibility index (Phi) is 5.71. The lowest BCUT2D eigenvalue weighted by Gasteiger charge is -2.17. The van der Waals surface area contributed by atoms with Crippen molar-refractivity contribution in [1.82, 2.24) is 14.3 Å². The molecule has 4 nitrogen and oxygen atoms in total. The number of fused-ring (bicyclic) bond motifs is 1. The summed E-state index contributed by atoms with van der Waals surface area (Å²) in [6, 6.07) is 12.8. The third-order valence-electron chi connectivity index (χ3n) is 4.67. The minimum Gasteiger partial charge on any atom is -0.385 e. The molecule has 0 unspecified atom stereocenters. The van der Waals surface area contributed by atoms with Gasteiger partial charge in [0.2, 0.25) is 0 Å². The van der Waals surface area contributed by atoms with E-state index in [1.807, 2.05) is 0 Å². The lowest BCUT2D eigenvalue weighted by atomic mass is 10.1. The number of aryl methyl sites for hydroxylation is 1. The molecular weight excluding hydrogens is 308 g/mol. The van der Waals surface area contributed by atoms with Gasteiger partial charge in [0.15, 0.2) is 0 Å². The smallest absolute Gasteiger partial charge is 0.137 e. The molecule has 25 heavy (non-hydrogen) atoms. The molecule has 0 atom stereocenters. The molecule has 4 heteroatoms. The number of imidazole rings is 1. The van der Waals surface area contributed by atoms with Gasteiger partial charge in [-0.2, -0.15) is 0 Å². The molecule has 3 aromatic rings. The highest BCUT2D eigenvalue weighted by Gasteiger charge is 2.05. The highest BCUT2D eigenvalue weighted by Crippen LogP contribution is 2.21. The van der Waals surface area contributed by atoms with Crippen molar-refractivity contribution in [1.29, 1.82) is 0 Å². The topological polar surface area (TPSA) is 32.6 Å². The molecule has 0 aliphatic carbocycles. The van der Waals surface area contributed by atoms with E-state index < -0.39 is 0 Å². The standard InChI is InChI=1S/C21H28N4/c1-4-24(5-2)13-6-12-22-19-9-7-18(8-10-19)20-16-25-14-11-17(3)15-21(25)23-20/h7-11,14-16,22H,4-6,12-13H2,1-3H3. The van der Waals surface area contributed by atoms with Gasteiger partial charge >= 0.3 is 0 Å². The van der Waals surface area contributed by atoms with Crippen LogP contribution in [0.3, 0.4) is 0 Å². The minimum atomic E-state index is 0.994. The Morgan fingerprint density at radius 1 is 1.08 bits per heavy atom. The number of rotatable bonds is 8. The van der Waals surface area contributed by atoms with Gasteiger partial charge in [0.25, 0.3) is 0 Å². The fraction of sp³-hybridized carbons (Fsp3) is 0.381. The van der Waals surface area contributed by atoms with Crippen molar-refractivity contribution >= 4 is 11.3 Å². The fourth-order valence-corrected chi connectivity index (χ4v) is 3.06. The first-order valence-electron chi connectivity index (χ1n) is 9.21. The molecular formula is C21H28N4. The number of benzene rings is 1. The van der Waals surface area contributed by atoms with E-state index in [2.05, 4.69) is 84.2 Å². The Morgan fingerprint density at radius 2 is 1.84 bits per heavy atom. The fourth-order valence-electron chi connectivity index (χ4n) is 3.06. The average Bonchev–Trinajstić information content (AvgIpc) is 3.05. The van der Waals surface area contributed by atoms with Crippen LogP contribution in [0.15, 0.2) is 48.8 Å². The Labute approximate surface area is 150 Å². The van der Waals surface area contributed by atoms with Crippen molar-refractivity contribution in [3.05, 3.63) is 54.4 Å². The normalized spacial score (nSPS) is 11.4. The summed E-state index contributed by atoms with van der Waals surface area (Å²) in [5.74, 6) is 0. The van der Waals surface area contributed by atoms with E-state index in [9.17, 15) is 0 Å². The summed E-state index contributed by atoms with van der Waals surface area (Å²) >= 11 is 0. The highest BCUT2D eigenvalue weighted by molar-refractivity contribution is 5.65. The zero-order valence-corrected chi connectivity index (χ0v) is 15.5. The quantitative estimate of drug-likeness (QED) is 0.617. The van der Waals surface area contributed by atoms with Gasteiger partial charge in [-0.1, -0.05) is 26.0 Å². The van der Waals surface area contributed by atoms with Crippen LogP contribution in [0.25, 0.3) is 16.9 Å². The van der Waals surface area contributed by atoms with E-state index in [0.29, 0.717) is 0 Å². The second-order valence-corrected chi connectivity index (χ2v) is 6.48. The number of nitrogens with one attached hydrogen (secondary N) is 1. The Bertz CT molecular complexity index is 800. The third kappa shape index (κ3) is 4.40. The Balaban J connectivity index is 1.59. The van der Waals surface area contributed by atoms with E-state index in [1.54, 1.807) is 0 Å². The zero-order valence-electron chi connectivity index (χ0n) is 15.5. The number of nitrogens with zero attached hydrogens (tertiary/aromatic N) is 3. The maximum atomic E-state index is 4.72. The van der Waals surface area contributed by atoms with Gasteiger partial charge in [-0.05, 0) is 62.8 Å². The van der Waals surface area contributed by atoms with Crippen LogP contribution in [-0.2, 0) is 0 Å². The number of pyridine rings is 1. The van der Waals surface area contributed by atoms with Gasteiger partial charge in [-0.3, -0.25) is 0 Å². The summed E-state index contributed by atoms with van der Waals surface area (Å²) in [4.78, 5) is 7.18. The number of hydrogen-bond donors (Lipinski definition) is 1. The first-order valence-corrected chi connectivity index (χ1v) is 9.21. The molecule has 0 bridgehead atoms. The number of anilines is 1. The van der Waals surface area contributed by atoms with Crippen molar-refractivity contribution in [3.8, 4) is 11.3 Å². The van der Waals surface area contributed by atoms with Crippen LogP contribution < -0.4 is 5.32 Å². The summed E-state index contributed by atoms with van der Waals surface area (Å²) in [6.45, 7) is 10.9. The molecule has 2 heterocycles. The molecule has 0 spiro atoms. The van der Waals surface area contributed by atoms with Crippen LogP contribution in [0.1, 0.15) is 25.8 Å². The van der Waals surface area contributed by atoms with Crippen molar-refractivity contribution in [2.45, 2.75) is 27.2 Å². The second kappa shape index (κ2) is 8.17. The van der Waals surface area contributed by atoms with Crippen molar-refractivity contribution < 1.29 is 0 Å². The minimum absolute atomic E-state index is 0.994. The van der Waals surface area contributed by atoms with E-state index in [-0.39, 0.29) is 0 Å². The molecule has 0 fully saturated rings. The molecule has 0 saturated carbocycles. The molecule has 1 aromatic carbocycles. The van der Waals surface area contributed by atoms with Gasteiger partial charge in [-0.25, -0.2) is 4.98 Å². The Morgan fingerprint density at radius 3 is 2.56 bits per heavy atom. The van der Waals surface area contributed by atoms with Gasteiger partial charge in [0.05, 0.1) is 5.69 Å². The first kappa shape index (κ1) is 17.5. The second-order valence-electron chi connectivity index (χ2n) is 6.48. The monoisotopic (exact) mass is 336 g/mol. The highest BCUT2D eigenvalue weighted by atomic mass is 15.1. The summed E-state index contributed by atoms with van der Waals surface area (Å²) in [7, 11) is 0. The molecule has 1 N–H and O–H groups in total. The van der Waals surface area contributed by atoms with Crippen LogP contribution in [0.4, 0.5) is 5.69 Å². The molecule has 132 valence electrons. The van der Waals surface area contributed by atoms with Crippen LogP contribution >= 0.6 is 0 Å². The molecule has 0 saturated heterocycles. The van der Waals surface area contributed by atoms with Crippen molar-refractivity contribution in [3.63, 3.8) is 0 Å². The lowest BCUT2D eigenvalue weighted by Crippen LogP contribution is -2.25. The van der Waals surface area contributed by atoms with Crippen molar-refractivity contribution in [2.75, 3.05) is 31.5 Å². The Hall–Kier alpha value is -2.33. The molecule has 3 rings (SSSR count). The average molecular weight is 336 g/mol. The zero-order chi connectivity index (χ0) is 17.6. The predicted octanol–water partition coefficient (Wildman–Crippen LogP) is 4.45. The summed E-state index contributed by atoms with van der Waals surface area (Å²) < 4.78 is 2.07. The number of hydrogen-bond acceptors (Lipinski definition) is 3. The molecule has 2 aromatic heterocycles. The summed E-state index contributed by atoms with van der Waals surface area (Å²) in [6.07, 6.45) is 5.31. The lowest BCUT2D eigenvalue weighted by molar-refractivity contribution is 0.303. The van der Waals surface area contributed by atoms with Gasteiger partial charge in [0.1, 0.15) is 5.65 Å². The van der Waals surface area contributed by atoms with Gasteiger partial charge in [-0.15, -0.1) is 0 Å². The molecule has 0 amide bonds. The van der Waals surface area contributed by atoms with E-state index in [1.165, 1.54) is 11.3 Å². The van der Waals surface area contributed by atoms with E-state index >= 15 is 0 Å². The predicted molar refractivity (Wildman–Crippen MR) is 106 cm³/mol. The SMILES string of the molecule is CCN(CC)CCCNc1ccc(-c2cn3ccc(C)cc3n2)cc1. The van der Waals surface area contributed by atoms with E-state index in [0.717, 1.165) is 49.5 Å². The van der Waals surface area contributed by atoms with E-state index in [4.69, 9.17) is 4.98 Å². The van der Waals surface area contributed by atoms with Crippen LogP contribution in [-0.4, -0.2) is 40.5 Å². The van der Waals surface area contributed by atoms with Crippen LogP contribution in [0.5, 0.6) is 0 Å². The van der Waals surface area contributed by atoms with Gasteiger partial charge in [0, 0.05) is 30.2 Å². The number of aromatic nitrogens is 2. The summed E-state index contributed by atoms with van der Waals surface area (Å²) in [5, 5.41) is 3.51. The summed E-state index contributed by atoms with van der Waals surface area (Å²) in [5.41, 5.74) is 5.55. The molecule has 0 aliphatic rings.